The second-order valence-electron chi connectivity index (χ2n) is 11.4. The summed E-state index contributed by atoms with van der Waals surface area (Å²) in [6, 6.07) is 15.1. The lowest BCUT2D eigenvalue weighted by atomic mass is 9.88. The number of piperidine rings is 1. The van der Waals surface area contributed by atoms with Gasteiger partial charge in [-0.05, 0) is 105 Å². The van der Waals surface area contributed by atoms with Gasteiger partial charge in [-0.15, -0.1) is 0 Å². The fraction of sp³-hybridized carbons (Fsp3) is 0.419. The first kappa shape index (κ1) is 30.3. The Kier molecular flexibility index (Phi) is 9.51. The Labute approximate surface area is 264 Å². The van der Waals surface area contributed by atoms with Gasteiger partial charge in [0, 0.05) is 35.0 Å². The van der Waals surface area contributed by atoms with E-state index in [0.29, 0.717) is 56.7 Å². The average Bonchev–Trinajstić information content (AvgIpc) is 3.41. The van der Waals surface area contributed by atoms with Gasteiger partial charge in [-0.3, -0.25) is 9.00 Å². The second-order valence-corrected chi connectivity index (χ2v) is 13.6. The molecule has 4 N–H and O–H groups in total. The minimum absolute atomic E-state index is 0.175. The molecule has 0 bridgehead atoms. The Morgan fingerprint density at radius 3 is 2.65 bits per heavy atom. The van der Waals surface area contributed by atoms with Crippen LogP contribution < -0.4 is 21.5 Å². The highest BCUT2D eigenvalue weighted by Crippen LogP contribution is 2.33. The lowest BCUT2D eigenvalue weighted by molar-refractivity contribution is 0.0903. The van der Waals surface area contributed by atoms with E-state index in [2.05, 4.69) is 50.5 Å². The van der Waals surface area contributed by atoms with Crippen molar-refractivity contribution in [2.24, 2.45) is 0 Å². The van der Waals surface area contributed by atoms with Crippen molar-refractivity contribution in [1.82, 2.24) is 20.6 Å². The molecule has 3 aliphatic heterocycles. The van der Waals surface area contributed by atoms with Crippen LogP contribution >= 0.6 is 23.2 Å². The van der Waals surface area contributed by atoms with Crippen LogP contribution in [0.5, 0.6) is 0 Å². The Morgan fingerprint density at radius 1 is 1.07 bits per heavy atom. The summed E-state index contributed by atoms with van der Waals surface area (Å²) in [4.78, 5) is 20.8. The first-order chi connectivity index (χ1) is 20.8. The Hall–Kier alpha value is -2.73. The number of hydrazine groups is 1. The van der Waals surface area contributed by atoms with Gasteiger partial charge in [0.25, 0.3) is 5.91 Å². The molecule has 43 heavy (non-hydrogen) atoms. The maximum Gasteiger partial charge on any atom is 0.254 e. The minimum atomic E-state index is -1.47. The van der Waals surface area contributed by atoms with Crippen LogP contribution in [0.3, 0.4) is 0 Å². The predicted octanol–water partition coefficient (Wildman–Crippen LogP) is 5.46. The largest absolute Gasteiger partial charge is 0.381 e. The number of likely N-dealkylation sites (tertiary alicyclic amines) is 1. The zero-order valence-electron chi connectivity index (χ0n) is 24.0. The number of pyridine rings is 1. The summed E-state index contributed by atoms with van der Waals surface area (Å²) in [5.74, 6) is 0.422. The van der Waals surface area contributed by atoms with E-state index in [9.17, 15) is 9.00 Å². The first-order valence-corrected chi connectivity index (χ1v) is 16.7. The molecule has 3 aliphatic rings. The van der Waals surface area contributed by atoms with E-state index in [1.54, 1.807) is 24.3 Å². The number of anilines is 2. The maximum absolute atomic E-state index is 13.8. The van der Waals surface area contributed by atoms with E-state index in [1.807, 2.05) is 12.1 Å². The number of carbonyl (C=O) groups excluding carboxylic acids is 1. The average molecular weight is 644 g/mol. The van der Waals surface area contributed by atoms with Crippen LogP contribution in [0.1, 0.15) is 64.9 Å². The summed E-state index contributed by atoms with van der Waals surface area (Å²) in [6.07, 6.45) is 3.38. The SMILES string of the molecule is CN1CCC(c2ccc(C(=O)NC3NNc4ccc(S(=O)Cc5cc(Cl)ccc5Cl)nc43)c(NC3CCOCC3)c2)CC1. The molecule has 12 heteroatoms. The summed E-state index contributed by atoms with van der Waals surface area (Å²) >= 11 is 12.4. The molecule has 3 aromatic rings. The zero-order chi connectivity index (χ0) is 29.9. The van der Waals surface area contributed by atoms with Crippen molar-refractivity contribution >= 4 is 51.3 Å². The lowest BCUT2D eigenvalue weighted by Gasteiger charge is -2.30. The van der Waals surface area contributed by atoms with Gasteiger partial charge < -0.3 is 25.7 Å². The highest BCUT2D eigenvalue weighted by atomic mass is 35.5. The van der Waals surface area contributed by atoms with Gasteiger partial charge in [0.15, 0.2) is 0 Å². The standard InChI is InChI=1S/C31H36Cl2N6O3S/c1-39-12-8-19(9-13-39)20-2-4-24(27(17-20)34-23-10-14-42-15-11-23)31(40)36-30-29-26(37-38-30)6-7-28(35-29)43(41)18-21-16-22(32)3-5-25(21)33/h2-7,16-17,19,23,30,34,37-38H,8-15,18H2,1H3,(H,36,40). The van der Waals surface area contributed by atoms with Crippen LogP contribution in [0.25, 0.3) is 0 Å². The number of nitrogens with zero attached hydrogens (tertiary/aromatic N) is 2. The molecule has 2 aromatic carbocycles. The lowest BCUT2D eigenvalue weighted by Crippen LogP contribution is -2.37. The molecule has 228 valence electrons. The van der Waals surface area contributed by atoms with Gasteiger partial charge in [0.2, 0.25) is 0 Å². The van der Waals surface area contributed by atoms with Crippen molar-refractivity contribution < 1.29 is 13.7 Å². The number of ether oxygens (including phenoxy) is 1. The van der Waals surface area contributed by atoms with E-state index in [1.165, 1.54) is 5.56 Å². The Morgan fingerprint density at radius 2 is 1.86 bits per heavy atom. The van der Waals surface area contributed by atoms with Gasteiger partial charge in [0.05, 0.1) is 27.8 Å². The number of fused-ring (bicyclic) bond motifs is 1. The Balaban J connectivity index is 1.21. The highest BCUT2D eigenvalue weighted by molar-refractivity contribution is 7.84. The molecule has 1 aromatic heterocycles. The topological polar surface area (TPSA) is 108 Å². The van der Waals surface area contributed by atoms with Gasteiger partial charge in [0.1, 0.15) is 16.9 Å². The summed E-state index contributed by atoms with van der Waals surface area (Å²) in [6.45, 7) is 3.56. The quantitative estimate of drug-likeness (QED) is 0.257. The molecular formula is C31H36Cl2N6O3S. The number of hydrogen-bond acceptors (Lipinski definition) is 8. The van der Waals surface area contributed by atoms with Crippen LogP contribution in [0.4, 0.5) is 11.4 Å². The van der Waals surface area contributed by atoms with Gasteiger partial charge in [-0.25, -0.2) is 10.4 Å². The molecule has 4 heterocycles. The van der Waals surface area contributed by atoms with Crippen molar-refractivity contribution in [1.29, 1.82) is 0 Å². The molecule has 0 aliphatic carbocycles. The van der Waals surface area contributed by atoms with E-state index >= 15 is 0 Å². The Bertz CT molecular complexity index is 1510. The van der Waals surface area contributed by atoms with Crippen LogP contribution in [0.15, 0.2) is 53.6 Å². The predicted molar refractivity (Wildman–Crippen MR) is 171 cm³/mol. The van der Waals surface area contributed by atoms with E-state index in [0.717, 1.165) is 44.5 Å². The number of carbonyl (C=O) groups is 1. The summed E-state index contributed by atoms with van der Waals surface area (Å²) in [5.41, 5.74) is 10.8. The second kappa shape index (κ2) is 13.5. The molecule has 0 spiro atoms. The molecule has 0 radical (unpaired) electrons. The summed E-state index contributed by atoms with van der Waals surface area (Å²) < 4.78 is 18.8. The molecule has 2 saturated heterocycles. The maximum atomic E-state index is 13.8. The summed E-state index contributed by atoms with van der Waals surface area (Å²) in [5, 5.41) is 8.16. The smallest absolute Gasteiger partial charge is 0.254 e. The van der Waals surface area contributed by atoms with Crippen molar-refractivity contribution in [3.63, 3.8) is 0 Å². The number of hydrogen-bond donors (Lipinski definition) is 4. The first-order valence-electron chi connectivity index (χ1n) is 14.7. The van der Waals surface area contributed by atoms with Crippen molar-refractivity contribution in [2.75, 3.05) is 44.1 Å². The number of halogens is 2. The van der Waals surface area contributed by atoms with Crippen LogP contribution in [0.2, 0.25) is 10.0 Å². The third kappa shape index (κ3) is 7.16. The third-order valence-electron chi connectivity index (χ3n) is 8.39. The van der Waals surface area contributed by atoms with Crippen LogP contribution in [-0.2, 0) is 21.3 Å². The van der Waals surface area contributed by atoms with Gasteiger partial charge in [-0.2, -0.15) is 0 Å². The number of aromatic nitrogens is 1. The number of benzene rings is 2. The fourth-order valence-electron chi connectivity index (χ4n) is 5.85. The number of amides is 1. The molecule has 1 amide bonds. The molecule has 2 fully saturated rings. The molecule has 0 saturated carbocycles. The van der Waals surface area contributed by atoms with E-state index in [-0.39, 0.29) is 17.7 Å². The van der Waals surface area contributed by atoms with E-state index < -0.39 is 17.0 Å². The van der Waals surface area contributed by atoms with E-state index in [4.69, 9.17) is 27.9 Å². The zero-order valence-corrected chi connectivity index (χ0v) is 26.3. The molecule has 9 nitrogen and oxygen atoms in total. The van der Waals surface area contributed by atoms with Gasteiger partial charge >= 0.3 is 0 Å². The van der Waals surface area contributed by atoms with Crippen LogP contribution in [0, 0.1) is 0 Å². The van der Waals surface area contributed by atoms with Gasteiger partial charge in [-0.1, -0.05) is 29.3 Å². The number of nitrogens with one attached hydrogen (secondary N) is 4. The minimum Gasteiger partial charge on any atom is -0.381 e. The molecule has 2 unspecified atom stereocenters. The van der Waals surface area contributed by atoms with Crippen molar-refractivity contribution in [3.8, 4) is 0 Å². The van der Waals surface area contributed by atoms with Crippen molar-refractivity contribution in [2.45, 2.75) is 54.6 Å². The third-order valence-corrected chi connectivity index (χ3v) is 10.3. The summed E-state index contributed by atoms with van der Waals surface area (Å²) in [7, 11) is 0.693. The van der Waals surface area contributed by atoms with Crippen LogP contribution in [-0.4, -0.2) is 59.4 Å². The molecular weight excluding hydrogens is 607 g/mol. The normalized spacial score (nSPS) is 20.3. The molecule has 6 rings (SSSR count). The van der Waals surface area contributed by atoms with Crippen molar-refractivity contribution in [3.05, 3.63) is 81.0 Å². The monoisotopic (exact) mass is 642 g/mol. The fourth-order valence-corrected chi connectivity index (χ4v) is 7.39. The highest BCUT2D eigenvalue weighted by Gasteiger charge is 2.29. The number of rotatable bonds is 8. The molecule has 2 atom stereocenters.